The van der Waals surface area contributed by atoms with Crippen LogP contribution >= 0.6 is 0 Å². The molecule has 5 heteroatoms. The van der Waals surface area contributed by atoms with Crippen LogP contribution in [0.5, 0.6) is 0 Å². The largest absolute Gasteiger partial charge is 0.300 e. The van der Waals surface area contributed by atoms with Crippen LogP contribution in [0.4, 0.5) is 5.69 Å². The van der Waals surface area contributed by atoms with Gasteiger partial charge in [-0.05, 0) is 24.1 Å². The van der Waals surface area contributed by atoms with E-state index in [0.29, 0.717) is 0 Å². The predicted molar refractivity (Wildman–Crippen MR) is 46.8 cm³/mol. The van der Waals surface area contributed by atoms with Crippen LogP contribution in [-0.4, -0.2) is 4.92 Å². The van der Waals surface area contributed by atoms with Crippen molar-refractivity contribution in [2.45, 2.75) is 13.5 Å². The lowest BCUT2D eigenvalue weighted by atomic mass is 10.1. The molecule has 0 unspecified atom stereocenters. The summed E-state index contributed by atoms with van der Waals surface area (Å²) in [4.78, 5) is 14.4. The fourth-order valence-electron chi connectivity index (χ4n) is 1.05. The van der Waals surface area contributed by atoms with Crippen LogP contribution in [0.15, 0.2) is 18.2 Å². The normalized spacial score (nSPS) is 10.0. The summed E-state index contributed by atoms with van der Waals surface area (Å²) < 4.78 is 0. The highest BCUT2D eigenvalue weighted by molar-refractivity contribution is 5.38. The van der Waals surface area contributed by atoms with Crippen molar-refractivity contribution in [2.24, 2.45) is 5.90 Å². The van der Waals surface area contributed by atoms with E-state index in [1.807, 2.05) is 0 Å². The minimum Gasteiger partial charge on any atom is -0.300 e. The van der Waals surface area contributed by atoms with E-state index in [0.717, 1.165) is 11.1 Å². The minimum absolute atomic E-state index is 0.0817. The van der Waals surface area contributed by atoms with Crippen molar-refractivity contribution in [1.82, 2.24) is 0 Å². The van der Waals surface area contributed by atoms with E-state index in [9.17, 15) is 10.1 Å². The summed E-state index contributed by atoms with van der Waals surface area (Å²) in [6.07, 6.45) is 0. The minimum atomic E-state index is -0.430. The first kappa shape index (κ1) is 9.63. The second-order valence-corrected chi connectivity index (χ2v) is 2.68. The van der Waals surface area contributed by atoms with Gasteiger partial charge in [0.25, 0.3) is 5.69 Å². The van der Waals surface area contributed by atoms with E-state index in [4.69, 9.17) is 5.90 Å². The van der Waals surface area contributed by atoms with Gasteiger partial charge in [-0.15, -0.1) is 0 Å². The molecule has 5 nitrogen and oxygen atoms in total. The lowest BCUT2D eigenvalue weighted by Crippen LogP contribution is -2.01. The SMILES string of the molecule is Cc1cc([N+](=O)[O-])ccc1CON. The van der Waals surface area contributed by atoms with Crippen LogP contribution in [0.1, 0.15) is 11.1 Å². The van der Waals surface area contributed by atoms with E-state index in [-0.39, 0.29) is 12.3 Å². The summed E-state index contributed by atoms with van der Waals surface area (Å²) in [6.45, 7) is 2.05. The van der Waals surface area contributed by atoms with Gasteiger partial charge in [0.1, 0.15) is 0 Å². The number of hydrogen-bond acceptors (Lipinski definition) is 4. The molecular formula is C8H10N2O3. The smallest absolute Gasteiger partial charge is 0.269 e. The molecule has 1 aromatic carbocycles. The molecule has 0 amide bonds. The number of rotatable bonds is 3. The van der Waals surface area contributed by atoms with Gasteiger partial charge in [0.2, 0.25) is 0 Å². The molecule has 13 heavy (non-hydrogen) atoms. The van der Waals surface area contributed by atoms with Gasteiger partial charge in [-0.2, -0.15) is 0 Å². The van der Waals surface area contributed by atoms with Crippen LogP contribution in [-0.2, 0) is 11.4 Å². The fourth-order valence-corrected chi connectivity index (χ4v) is 1.05. The van der Waals surface area contributed by atoms with E-state index in [2.05, 4.69) is 4.84 Å². The Morgan fingerprint density at radius 3 is 2.77 bits per heavy atom. The van der Waals surface area contributed by atoms with E-state index in [1.165, 1.54) is 12.1 Å². The third-order valence-corrected chi connectivity index (χ3v) is 1.78. The highest BCUT2D eigenvalue weighted by Crippen LogP contribution is 2.17. The molecule has 0 saturated carbocycles. The van der Waals surface area contributed by atoms with Crippen molar-refractivity contribution >= 4 is 5.69 Å². The maximum absolute atomic E-state index is 10.4. The van der Waals surface area contributed by atoms with E-state index in [1.54, 1.807) is 13.0 Å². The number of non-ortho nitro benzene ring substituents is 1. The van der Waals surface area contributed by atoms with E-state index >= 15 is 0 Å². The van der Waals surface area contributed by atoms with Gasteiger partial charge in [0, 0.05) is 12.1 Å². The predicted octanol–water partition coefficient (Wildman–Crippen LogP) is 1.29. The quantitative estimate of drug-likeness (QED) is 0.564. The molecule has 0 aliphatic rings. The molecule has 0 bridgehead atoms. The first-order valence-corrected chi connectivity index (χ1v) is 3.70. The van der Waals surface area contributed by atoms with Gasteiger partial charge >= 0.3 is 0 Å². The molecule has 0 fully saturated rings. The van der Waals surface area contributed by atoms with Crippen molar-refractivity contribution in [1.29, 1.82) is 0 Å². The van der Waals surface area contributed by atoms with Crippen LogP contribution in [0.3, 0.4) is 0 Å². The Hall–Kier alpha value is -1.46. The lowest BCUT2D eigenvalue weighted by molar-refractivity contribution is -0.384. The first-order valence-electron chi connectivity index (χ1n) is 3.70. The summed E-state index contributed by atoms with van der Waals surface area (Å²) in [5.41, 5.74) is 1.74. The fraction of sp³-hybridized carbons (Fsp3) is 0.250. The summed E-state index contributed by atoms with van der Waals surface area (Å²) in [7, 11) is 0. The molecule has 0 saturated heterocycles. The van der Waals surface area contributed by atoms with Crippen LogP contribution in [0.2, 0.25) is 0 Å². The highest BCUT2D eigenvalue weighted by atomic mass is 16.6. The second-order valence-electron chi connectivity index (χ2n) is 2.68. The Balaban J connectivity index is 2.98. The number of hydrogen-bond donors (Lipinski definition) is 1. The number of nitro groups is 1. The molecule has 0 atom stereocenters. The first-order chi connectivity index (χ1) is 6.15. The zero-order chi connectivity index (χ0) is 9.84. The van der Waals surface area contributed by atoms with Gasteiger partial charge < -0.3 is 0 Å². The van der Waals surface area contributed by atoms with Gasteiger partial charge in [-0.25, -0.2) is 5.90 Å². The third-order valence-electron chi connectivity index (χ3n) is 1.78. The monoisotopic (exact) mass is 182 g/mol. The van der Waals surface area contributed by atoms with Gasteiger partial charge in [0.15, 0.2) is 0 Å². The van der Waals surface area contributed by atoms with E-state index < -0.39 is 4.92 Å². The number of aryl methyl sites for hydroxylation is 1. The molecular weight excluding hydrogens is 172 g/mol. The summed E-state index contributed by atoms with van der Waals surface area (Å²) in [6, 6.07) is 4.57. The van der Waals surface area contributed by atoms with Crippen LogP contribution in [0.25, 0.3) is 0 Å². The topological polar surface area (TPSA) is 78.4 Å². The average molecular weight is 182 g/mol. The van der Waals surface area contributed by atoms with Gasteiger partial charge in [0.05, 0.1) is 11.5 Å². The summed E-state index contributed by atoms with van der Waals surface area (Å²) >= 11 is 0. The summed E-state index contributed by atoms with van der Waals surface area (Å²) in [5, 5.41) is 10.4. The van der Waals surface area contributed by atoms with Gasteiger partial charge in [-0.3, -0.25) is 15.0 Å². The molecule has 0 spiro atoms. The molecule has 1 rings (SSSR count). The Kier molecular flexibility index (Phi) is 2.94. The Morgan fingerprint density at radius 2 is 2.31 bits per heavy atom. The molecule has 0 aromatic heterocycles. The van der Waals surface area contributed by atoms with Crippen molar-refractivity contribution in [2.75, 3.05) is 0 Å². The van der Waals surface area contributed by atoms with Crippen molar-refractivity contribution in [3.05, 3.63) is 39.4 Å². The molecule has 1 aromatic rings. The maximum atomic E-state index is 10.4. The molecule has 70 valence electrons. The zero-order valence-electron chi connectivity index (χ0n) is 7.19. The van der Waals surface area contributed by atoms with Crippen LogP contribution in [0, 0.1) is 17.0 Å². The number of benzene rings is 1. The number of nitrogens with two attached hydrogens (primary N) is 1. The van der Waals surface area contributed by atoms with Crippen LogP contribution < -0.4 is 5.90 Å². The molecule has 0 heterocycles. The van der Waals surface area contributed by atoms with Crippen molar-refractivity contribution in [3.8, 4) is 0 Å². The maximum Gasteiger partial charge on any atom is 0.269 e. The molecule has 0 radical (unpaired) electrons. The Morgan fingerprint density at radius 1 is 1.62 bits per heavy atom. The standard InChI is InChI=1S/C8H10N2O3/c1-6-4-8(10(11)12)3-2-7(6)5-13-9/h2-4H,5,9H2,1H3. The van der Waals surface area contributed by atoms with Crippen molar-refractivity contribution in [3.63, 3.8) is 0 Å². The summed E-state index contributed by atoms with van der Waals surface area (Å²) in [5.74, 6) is 4.89. The molecule has 2 N–H and O–H groups in total. The van der Waals surface area contributed by atoms with Crippen molar-refractivity contribution < 1.29 is 9.76 Å². The Bertz CT molecular complexity index is 325. The van der Waals surface area contributed by atoms with Gasteiger partial charge in [-0.1, -0.05) is 0 Å². The third kappa shape index (κ3) is 2.24. The molecule has 0 aliphatic carbocycles. The number of nitrogens with zero attached hydrogens (tertiary/aromatic N) is 1. The number of nitro benzene ring substituents is 1. The second kappa shape index (κ2) is 3.97. The zero-order valence-corrected chi connectivity index (χ0v) is 7.19. The molecule has 0 aliphatic heterocycles. The Labute approximate surface area is 75.2 Å². The average Bonchev–Trinajstić information content (AvgIpc) is 2.08. The lowest BCUT2D eigenvalue weighted by Gasteiger charge is -2.02. The highest BCUT2D eigenvalue weighted by Gasteiger charge is 2.07.